The van der Waals surface area contributed by atoms with Crippen LogP contribution in [0.25, 0.3) is 0 Å². The highest BCUT2D eigenvalue weighted by atomic mass is 32.2. The molecule has 13 heteroatoms. The first kappa shape index (κ1) is 23.4. The predicted molar refractivity (Wildman–Crippen MR) is 110 cm³/mol. The number of aromatic nitrogens is 1. The zero-order chi connectivity index (χ0) is 23.2. The molecule has 0 atom stereocenters. The number of amides is 4. The number of carbonyl (C=O) groups is 3. The standard InChI is InChI=1S/C18H21N5O7S/c1-23(2)17(25)16(24)19-12-7-5-6-8-13(12)31(27,28)22-18(26)21-14-9-11(29-3)10-15(20-14)30-4/h5-10H,1-4H3,(H,19,24)(H2,20,21,22,26). The number of nitrogens with one attached hydrogen (secondary N) is 3. The van der Waals surface area contributed by atoms with Gasteiger partial charge in [0.05, 0.1) is 19.9 Å². The maximum atomic E-state index is 12.7. The fraction of sp³-hybridized carbons (Fsp3) is 0.222. The summed E-state index contributed by atoms with van der Waals surface area (Å²) in [6.07, 6.45) is 0. The normalized spacial score (nSPS) is 10.6. The van der Waals surface area contributed by atoms with E-state index in [1.807, 2.05) is 4.72 Å². The van der Waals surface area contributed by atoms with Gasteiger partial charge in [-0.05, 0) is 12.1 Å². The first-order chi connectivity index (χ1) is 14.6. The topological polar surface area (TPSA) is 156 Å². The van der Waals surface area contributed by atoms with Crippen LogP contribution >= 0.6 is 0 Å². The predicted octanol–water partition coefficient (Wildman–Crippen LogP) is 0.636. The second-order valence-electron chi connectivity index (χ2n) is 6.14. The Kier molecular flexibility index (Phi) is 7.37. The summed E-state index contributed by atoms with van der Waals surface area (Å²) in [5.41, 5.74) is -0.177. The number of pyridine rings is 1. The molecule has 0 saturated carbocycles. The van der Waals surface area contributed by atoms with E-state index in [0.717, 1.165) is 11.0 Å². The number of para-hydroxylation sites is 1. The average molecular weight is 451 g/mol. The van der Waals surface area contributed by atoms with Crippen LogP contribution in [0.4, 0.5) is 16.3 Å². The minimum Gasteiger partial charge on any atom is -0.496 e. The molecule has 2 aromatic rings. The largest absolute Gasteiger partial charge is 0.496 e. The van der Waals surface area contributed by atoms with Crippen LogP contribution in [-0.4, -0.2) is 64.5 Å². The highest BCUT2D eigenvalue weighted by molar-refractivity contribution is 7.90. The van der Waals surface area contributed by atoms with Crippen LogP contribution in [0.3, 0.4) is 0 Å². The smallest absolute Gasteiger partial charge is 0.334 e. The Hall–Kier alpha value is -3.87. The third-order valence-corrected chi connectivity index (χ3v) is 5.10. The Bertz CT molecular complexity index is 1080. The number of nitrogens with zero attached hydrogens (tertiary/aromatic N) is 2. The highest BCUT2D eigenvalue weighted by Gasteiger charge is 2.24. The molecule has 0 spiro atoms. The minimum absolute atomic E-state index is 0.0259. The van der Waals surface area contributed by atoms with Crippen molar-refractivity contribution in [3.8, 4) is 11.6 Å². The number of rotatable bonds is 6. The molecule has 4 amide bonds. The van der Waals surface area contributed by atoms with E-state index in [9.17, 15) is 22.8 Å². The molecule has 0 aliphatic rings. The number of sulfonamides is 1. The summed E-state index contributed by atoms with van der Waals surface area (Å²) in [5.74, 6) is -1.48. The summed E-state index contributed by atoms with van der Waals surface area (Å²) < 4.78 is 37.3. The molecule has 0 aliphatic heterocycles. The van der Waals surface area contributed by atoms with E-state index >= 15 is 0 Å². The molecule has 31 heavy (non-hydrogen) atoms. The molecule has 0 radical (unpaired) electrons. The lowest BCUT2D eigenvalue weighted by molar-refractivity contribution is -0.141. The quantitative estimate of drug-likeness (QED) is 0.540. The fourth-order valence-corrected chi connectivity index (χ4v) is 3.34. The van der Waals surface area contributed by atoms with Crippen LogP contribution in [0.1, 0.15) is 0 Å². The maximum absolute atomic E-state index is 12.7. The van der Waals surface area contributed by atoms with Crippen LogP contribution in [0.2, 0.25) is 0 Å². The Balaban J connectivity index is 2.22. The van der Waals surface area contributed by atoms with Gasteiger partial charge in [-0.2, -0.15) is 4.98 Å². The van der Waals surface area contributed by atoms with Crippen molar-refractivity contribution >= 4 is 39.4 Å². The van der Waals surface area contributed by atoms with E-state index in [4.69, 9.17) is 9.47 Å². The van der Waals surface area contributed by atoms with Crippen LogP contribution < -0.4 is 24.8 Å². The second-order valence-corrected chi connectivity index (χ2v) is 7.79. The molecular formula is C18H21N5O7S. The first-order valence-corrected chi connectivity index (χ1v) is 10.1. The number of carbonyl (C=O) groups excluding carboxylic acids is 3. The average Bonchev–Trinajstić information content (AvgIpc) is 2.72. The number of benzene rings is 1. The maximum Gasteiger partial charge on any atom is 0.334 e. The summed E-state index contributed by atoms with van der Waals surface area (Å²) in [5, 5.41) is 4.49. The van der Waals surface area contributed by atoms with Gasteiger partial charge in [0.25, 0.3) is 10.0 Å². The Labute approximate surface area is 178 Å². The number of urea groups is 1. The number of anilines is 2. The van der Waals surface area contributed by atoms with Crippen molar-refractivity contribution in [3.63, 3.8) is 0 Å². The molecule has 0 unspecified atom stereocenters. The van der Waals surface area contributed by atoms with E-state index in [-0.39, 0.29) is 17.4 Å². The van der Waals surface area contributed by atoms with Gasteiger partial charge in [0.2, 0.25) is 5.88 Å². The SMILES string of the molecule is COc1cc(NC(=O)NS(=O)(=O)c2ccccc2NC(=O)C(=O)N(C)C)nc(OC)c1. The molecule has 0 bridgehead atoms. The van der Waals surface area contributed by atoms with Crippen molar-refractivity contribution in [1.82, 2.24) is 14.6 Å². The van der Waals surface area contributed by atoms with E-state index in [2.05, 4.69) is 15.6 Å². The lowest BCUT2D eigenvalue weighted by atomic mass is 10.3. The van der Waals surface area contributed by atoms with Crippen LogP contribution in [0.5, 0.6) is 11.6 Å². The summed E-state index contributed by atoms with van der Waals surface area (Å²) in [4.78, 5) is 40.6. The van der Waals surface area contributed by atoms with Crippen molar-refractivity contribution in [1.29, 1.82) is 0 Å². The lowest BCUT2D eigenvalue weighted by Crippen LogP contribution is -2.36. The van der Waals surface area contributed by atoms with E-state index in [1.165, 1.54) is 58.6 Å². The molecule has 3 N–H and O–H groups in total. The van der Waals surface area contributed by atoms with Gasteiger partial charge in [0.15, 0.2) is 0 Å². The van der Waals surface area contributed by atoms with Crippen LogP contribution in [-0.2, 0) is 19.6 Å². The van der Waals surface area contributed by atoms with Gasteiger partial charge in [-0.15, -0.1) is 0 Å². The number of ether oxygens (including phenoxy) is 2. The number of hydrogen-bond acceptors (Lipinski definition) is 8. The zero-order valence-electron chi connectivity index (χ0n) is 17.1. The Morgan fingerprint density at radius 2 is 1.68 bits per heavy atom. The van der Waals surface area contributed by atoms with Crippen LogP contribution in [0, 0.1) is 0 Å². The molecular weight excluding hydrogens is 430 g/mol. The molecule has 12 nitrogen and oxygen atoms in total. The number of likely N-dealkylation sites (N-methyl/N-ethyl adjacent to an activating group) is 1. The van der Waals surface area contributed by atoms with E-state index in [0.29, 0.717) is 5.75 Å². The first-order valence-electron chi connectivity index (χ1n) is 8.63. The Morgan fingerprint density at radius 3 is 2.29 bits per heavy atom. The van der Waals surface area contributed by atoms with Gasteiger partial charge in [-0.1, -0.05) is 12.1 Å². The van der Waals surface area contributed by atoms with Crippen molar-refractivity contribution in [2.75, 3.05) is 38.9 Å². The van der Waals surface area contributed by atoms with Gasteiger partial charge in [-0.25, -0.2) is 17.9 Å². The monoisotopic (exact) mass is 451 g/mol. The summed E-state index contributed by atoms with van der Waals surface area (Å²) in [6, 6.07) is 7.00. The Morgan fingerprint density at radius 1 is 1.00 bits per heavy atom. The third kappa shape index (κ3) is 6.05. The molecule has 1 aromatic carbocycles. The van der Waals surface area contributed by atoms with Crippen molar-refractivity contribution < 1.29 is 32.3 Å². The van der Waals surface area contributed by atoms with Crippen molar-refractivity contribution in [2.45, 2.75) is 4.90 Å². The van der Waals surface area contributed by atoms with Crippen LogP contribution in [0.15, 0.2) is 41.3 Å². The zero-order valence-corrected chi connectivity index (χ0v) is 17.9. The summed E-state index contributed by atoms with van der Waals surface area (Å²) >= 11 is 0. The van der Waals surface area contributed by atoms with Gasteiger partial charge in [0, 0.05) is 26.2 Å². The molecule has 0 aliphatic carbocycles. The molecule has 0 fully saturated rings. The van der Waals surface area contributed by atoms with E-state index in [1.54, 1.807) is 0 Å². The number of hydrogen-bond donors (Lipinski definition) is 3. The van der Waals surface area contributed by atoms with Crippen molar-refractivity contribution in [3.05, 3.63) is 36.4 Å². The molecule has 2 rings (SSSR count). The summed E-state index contributed by atoms with van der Waals surface area (Å²) in [6.45, 7) is 0. The molecule has 166 valence electrons. The fourth-order valence-electron chi connectivity index (χ4n) is 2.27. The second kappa shape index (κ2) is 9.75. The van der Waals surface area contributed by atoms with Gasteiger partial charge in [0.1, 0.15) is 16.5 Å². The number of methoxy groups -OCH3 is 2. The van der Waals surface area contributed by atoms with Crippen molar-refractivity contribution in [2.24, 2.45) is 0 Å². The highest BCUT2D eigenvalue weighted by Crippen LogP contribution is 2.23. The molecule has 0 saturated heterocycles. The minimum atomic E-state index is -4.43. The van der Waals surface area contributed by atoms with Gasteiger partial charge < -0.3 is 19.7 Å². The van der Waals surface area contributed by atoms with E-state index < -0.39 is 32.8 Å². The third-order valence-electron chi connectivity index (χ3n) is 3.71. The van der Waals surface area contributed by atoms with Gasteiger partial charge >= 0.3 is 17.8 Å². The lowest BCUT2D eigenvalue weighted by Gasteiger charge is -2.14. The van der Waals surface area contributed by atoms with Gasteiger partial charge in [-0.3, -0.25) is 14.9 Å². The molecule has 1 heterocycles. The molecule has 1 aromatic heterocycles. The summed E-state index contributed by atoms with van der Waals surface area (Å²) in [7, 11) is 1.08.